The minimum absolute atomic E-state index is 0.919. The Morgan fingerprint density at radius 1 is 0.500 bits per heavy atom. The third kappa shape index (κ3) is 5.93. The van der Waals surface area contributed by atoms with E-state index in [4.69, 9.17) is 0 Å². The molecule has 0 fully saturated rings. The molecule has 0 spiro atoms. The minimum Gasteiger partial charge on any atom is -0.310 e. The van der Waals surface area contributed by atoms with Gasteiger partial charge in [-0.15, -0.1) is 0 Å². The van der Waals surface area contributed by atoms with Crippen LogP contribution in [0.5, 0.6) is 0 Å². The van der Waals surface area contributed by atoms with Gasteiger partial charge in [-0.3, -0.25) is 0 Å². The molecule has 0 unspecified atom stereocenters. The molecule has 2 nitrogen and oxygen atoms in total. The molecule has 0 bridgehead atoms. The number of allylic oxidation sites excluding steroid dienone is 14. The van der Waals surface area contributed by atoms with Crippen molar-refractivity contribution < 1.29 is 0 Å². The molecular formula is C42H42N2. The van der Waals surface area contributed by atoms with Crippen LogP contribution in [0, 0.1) is 0 Å². The summed E-state index contributed by atoms with van der Waals surface area (Å²) in [6, 6.07) is 17.8. The molecule has 0 radical (unpaired) electrons. The van der Waals surface area contributed by atoms with Crippen molar-refractivity contribution in [3.05, 3.63) is 183 Å². The number of hydrogen-bond donors (Lipinski definition) is 0. The van der Waals surface area contributed by atoms with Gasteiger partial charge in [0.15, 0.2) is 0 Å². The maximum Gasteiger partial charge on any atom is 0.0540 e. The van der Waals surface area contributed by atoms with Crippen LogP contribution in [0.2, 0.25) is 0 Å². The first-order chi connectivity index (χ1) is 21.5. The average Bonchev–Trinajstić information content (AvgIpc) is 3.04. The number of hydrogen-bond acceptors (Lipinski definition) is 2. The first kappa shape index (κ1) is 31.6. The fourth-order valence-electron chi connectivity index (χ4n) is 5.83. The minimum atomic E-state index is 0.919. The van der Waals surface area contributed by atoms with Gasteiger partial charge in [-0.25, -0.2) is 0 Å². The Morgan fingerprint density at radius 3 is 1.27 bits per heavy atom. The van der Waals surface area contributed by atoms with Crippen molar-refractivity contribution >= 4 is 43.7 Å². The van der Waals surface area contributed by atoms with Crippen molar-refractivity contribution in [3.63, 3.8) is 0 Å². The third-order valence-corrected chi connectivity index (χ3v) is 7.52. The summed E-state index contributed by atoms with van der Waals surface area (Å²) in [5.41, 5.74) is 6.17. The maximum atomic E-state index is 4.14. The van der Waals surface area contributed by atoms with E-state index >= 15 is 0 Å². The van der Waals surface area contributed by atoms with Crippen molar-refractivity contribution in [2.45, 2.75) is 27.7 Å². The SMILES string of the molecule is C=C/C=C(\C=C)N(C(/C=C\C)=C/C=C)c1ccc2ccc3c(N(C(/C=C\C)=C/C)C(/C=C\C)=C/C=C)ccc4ccc1c2c43. The van der Waals surface area contributed by atoms with Crippen LogP contribution < -0.4 is 9.80 Å². The van der Waals surface area contributed by atoms with Gasteiger partial charge in [0.2, 0.25) is 0 Å². The molecule has 0 amide bonds. The first-order valence-electron chi connectivity index (χ1n) is 15.0. The lowest BCUT2D eigenvalue weighted by molar-refractivity contribution is 1.14. The van der Waals surface area contributed by atoms with Gasteiger partial charge in [0.1, 0.15) is 0 Å². The number of rotatable bonds is 13. The summed E-state index contributed by atoms with van der Waals surface area (Å²) in [7, 11) is 0. The highest BCUT2D eigenvalue weighted by Crippen LogP contribution is 2.44. The molecule has 4 aromatic carbocycles. The Kier molecular flexibility index (Phi) is 10.6. The summed E-state index contributed by atoms with van der Waals surface area (Å²) in [6.45, 7) is 24.3. The zero-order valence-electron chi connectivity index (χ0n) is 26.4. The van der Waals surface area contributed by atoms with Crippen LogP contribution in [0.25, 0.3) is 32.3 Å². The van der Waals surface area contributed by atoms with Crippen LogP contribution in [0.1, 0.15) is 27.7 Å². The van der Waals surface area contributed by atoms with Gasteiger partial charge in [0.05, 0.1) is 11.4 Å². The van der Waals surface area contributed by atoms with E-state index in [-0.39, 0.29) is 0 Å². The van der Waals surface area contributed by atoms with E-state index in [0.29, 0.717) is 0 Å². The summed E-state index contributed by atoms with van der Waals surface area (Å²) in [6.07, 6.45) is 28.1. The zero-order chi connectivity index (χ0) is 31.6. The highest BCUT2D eigenvalue weighted by Gasteiger charge is 2.22. The molecule has 4 aromatic rings. The van der Waals surface area contributed by atoms with Crippen molar-refractivity contribution in [1.29, 1.82) is 0 Å². The third-order valence-electron chi connectivity index (χ3n) is 7.52. The van der Waals surface area contributed by atoms with E-state index in [0.717, 1.165) is 39.5 Å². The van der Waals surface area contributed by atoms with Crippen molar-refractivity contribution in [2.75, 3.05) is 9.80 Å². The molecule has 0 aliphatic rings. The molecule has 0 aliphatic carbocycles. The Bertz CT molecular complexity index is 1920. The second-order valence-corrected chi connectivity index (χ2v) is 10.2. The highest BCUT2D eigenvalue weighted by atomic mass is 15.2. The predicted molar refractivity (Wildman–Crippen MR) is 198 cm³/mol. The van der Waals surface area contributed by atoms with Crippen LogP contribution in [0.3, 0.4) is 0 Å². The largest absolute Gasteiger partial charge is 0.310 e. The van der Waals surface area contributed by atoms with Crippen LogP contribution in [0.15, 0.2) is 183 Å². The van der Waals surface area contributed by atoms with Crippen LogP contribution in [0.4, 0.5) is 11.4 Å². The van der Waals surface area contributed by atoms with Gasteiger partial charge in [0, 0.05) is 33.6 Å². The summed E-state index contributed by atoms with van der Waals surface area (Å²) < 4.78 is 0. The van der Waals surface area contributed by atoms with Crippen molar-refractivity contribution in [2.24, 2.45) is 0 Å². The van der Waals surface area contributed by atoms with E-state index in [1.54, 1.807) is 6.08 Å². The predicted octanol–water partition coefficient (Wildman–Crippen LogP) is 12.2. The lowest BCUT2D eigenvalue weighted by Gasteiger charge is -2.30. The smallest absolute Gasteiger partial charge is 0.0540 e. The molecule has 0 saturated carbocycles. The maximum absolute atomic E-state index is 4.14. The van der Waals surface area contributed by atoms with Gasteiger partial charge >= 0.3 is 0 Å². The first-order valence-corrected chi connectivity index (χ1v) is 15.0. The lowest BCUT2D eigenvalue weighted by Crippen LogP contribution is -2.20. The van der Waals surface area contributed by atoms with E-state index < -0.39 is 0 Å². The summed E-state index contributed by atoms with van der Waals surface area (Å²) in [5.74, 6) is 0. The van der Waals surface area contributed by atoms with Gasteiger partial charge in [-0.1, -0.05) is 105 Å². The second-order valence-electron chi connectivity index (χ2n) is 10.2. The molecule has 0 aromatic heterocycles. The molecule has 44 heavy (non-hydrogen) atoms. The molecule has 0 atom stereocenters. The molecule has 220 valence electrons. The van der Waals surface area contributed by atoms with Crippen LogP contribution in [-0.4, -0.2) is 0 Å². The molecule has 0 saturated heterocycles. The van der Waals surface area contributed by atoms with E-state index in [1.807, 2.05) is 57.2 Å². The Hall–Kier alpha value is -5.34. The Labute approximate surface area is 263 Å². The van der Waals surface area contributed by atoms with Gasteiger partial charge in [-0.05, 0) is 104 Å². The molecular weight excluding hydrogens is 532 g/mol. The Morgan fingerprint density at radius 2 is 0.886 bits per heavy atom. The number of benzene rings is 4. The van der Waals surface area contributed by atoms with Gasteiger partial charge in [0.25, 0.3) is 0 Å². The standard InChI is InChI=1S/C42H42N2/c1-9-17-33(15-7)43(35(19-11-3)20-12-4)39-29-25-31-24-28-38-40(30-26-32-23-27-37(39)41(31)42(32)38)44(34(16-8)18-10-2)36(21-13-5)22-14-6/h9-30H,1,3,5,7H2,2,4,6,8H3/b18-10-,20-12-,22-14-,33-17+,34-16+,35-19+,36-21+. The lowest BCUT2D eigenvalue weighted by atomic mass is 9.91. The fourth-order valence-corrected chi connectivity index (χ4v) is 5.83. The quantitative estimate of drug-likeness (QED) is 0.116. The zero-order valence-corrected chi connectivity index (χ0v) is 26.4. The molecule has 0 aliphatic heterocycles. The number of anilines is 2. The van der Waals surface area contributed by atoms with Crippen LogP contribution in [-0.2, 0) is 0 Å². The van der Waals surface area contributed by atoms with Crippen LogP contribution >= 0.6 is 0 Å². The monoisotopic (exact) mass is 574 g/mol. The van der Waals surface area contributed by atoms with E-state index in [9.17, 15) is 0 Å². The molecule has 2 heteroatoms. The highest BCUT2D eigenvalue weighted by molar-refractivity contribution is 6.27. The fraction of sp³-hybridized carbons (Fsp3) is 0.0952. The average molecular weight is 575 g/mol. The second kappa shape index (κ2) is 14.7. The number of nitrogens with zero attached hydrogens (tertiary/aromatic N) is 2. The van der Waals surface area contributed by atoms with E-state index in [1.165, 1.54) is 26.9 Å². The van der Waals surface area contributed by atoms with Crippen molar-refractivity contribution in [1.82, 2.24) is 0 Å². The topological polar surface area (TPSA) is 6.48 Å². The van der Waals surface area contributed by atoms with Gasteiger partial charge < -0.3 is 9.80 Å². The summed E-state index contributed by atoms with van der Waals surface area (Å²) >= 11 is 0. The summed E-state index contributed by atoms with van der Waals surface area (Å²) in [5, 5.41) is 7.15. The normalized spacial score (nSPS) is 13.6. The Balaban J connectivity index is 2.16. The molecule has 4 rings (SSSR count). The van der Waals surface area contributed by atoms with Gasteiger partial charge in [-0.2, -0.15) is 0 Å². The molecule has 0 heterocycles. The summed E-state index contributed by atoms with van der Waals surface area (Å²) in [4.78, 5) is 4.52. The van der Waals surface area contributed by atoms with Crippen molar-refractivity contribution in [3.8, 4) is 0 Å². The van der Waals surface area contributed by atoms with E-state index in [2.05, 4.69) is 134 Å². The molecule has 0 N–H and O–H groups in total.